The maximum absolute atomic E-state index is 11.8. The van der Waals surface area contributed by atoms with E-state index in [0.717, 1.165) is 11.1 Å². The van der Waals surface area contributed by atoms with Gasteiger partial charge < -0.3 is 14.2 Å². The number of hydrogen-bond acceptors (Lipinski definition) is 5. The molecule has 2 aromatic carbocycles. The van der Waals surface area contributed by atoms with E-state index in [0.29, 0.717) is 22.8 Å². The lowest BCUT2D eigenvalue weighted by Crippen LogP contribution is -2.24. The van der Waals surface area contributed by atoms with Crippen LogP contribution in [-0.2, 0) is 4.79 Å². The zero-order valence-corrected chi connectivity index (χ0v) is 14.8. The molecule has 0 bridgehead atoms. The summed E-state index contributed by atoms with van der Waals surface area (Å²) in [6.45, 7) is 3.84. The van der Waals surface area contributed by atoms with Gasteiger partial charge in [0.25, 0.3) is 5.91 Å². The minimum atomic E-state index is -0.350. The van der Waals surface area contributed by atoms with E-state index >= 15 is 0 Å². The number of amides is 1. The second kappa shape index (κ2) is 8.73. The number of methoxy groups -OCH3 is 2. The van der Waals surface area contributed by atoms with Gasteiger partial charge >= 0.3 is 0 Å². The van der Waals surface area contributed by atoms with Crippen molar-refractivity contribution >= 4 is 12.1 Å². The summed E-state index contributed by atoms with van der Waals surface area (Å²) in [5.74, 6) is 1.45. The van der Waals surface area contributed by atoms with Crippen molar-refractivity contribution in [3.63, 3.8) is 0 Å². The third-order valence-corrected chi connectivity index (χ3v) is 3.39. The zero-order valence-electron chi connectivity index (χ0n) is 14.8. The van der Waals surface area contributed by atoms with Crippen LogP contribution in [0, 0.1) is 13.8 Å². The summed E-state index contributed by atoms with van der Waals surface area (Å²) in [6.07, 6.45) is 1.50. The Bertz CT molecular complexity index is 752. The van der Waals surface area contributed by atoms with Crippen molar-refractivity contribution in [3.05, 3.63) is 53.1 Å². The fourth-order valence-corrected chi connectivity index (χ4v) is 2.38. The normalized spacial score (nSPS) is 10.6. The van der Waals surface area contributed by atoms with Gasteiger partial charge in [0.2, 0.25) is 0 Å². The lowest BCUT2D eigenvalue weighted by atomic mass is 10.1. The van der Waals surface area contributed by atoms with Crippen LogP contribution >= 0.6 is 0 Å². The Morgan fingerprint density at radius 2 is 1.84 bits per heavy atom. The van der Waals surface area contributed by atoms with Gasteiger partial charge in [0.15, 0.2) is 18.1 Å². The molecule has 0 radical (unpaired) electrons. The number of carbonyl (C=O) groups excluding carboxylic acids is 1. The van der Waals surface area contributed by atoms with E-state index in [-0.39, 0.29) is 12.5 Å². The molecule has 25 heavy (non-hydrogen) atoms. The molecule has 0 atom stereocenters. The molecule has 6 nitrogen and oxygen atoms in total. The number of para-hydroxylation sites is 1. The van der Waals surface area contributed by atoms with Crippen molar-refractivity contribution in [3.8, 4) is 17.2 Å². The smallest absolute Gasteiger partial charge is 0.277 e. The standard InChI is InChI=1S/C19H22N2O4/c1-13-8-14(2)10-16(9-13)25-12-18(22)21-20-11-15-6-5-7-17(23-3)19(15)24-4/h5-11H,12H2,1-4H3,(H,21,22). The fraction of sp³-hybridized carbons (Fsp3) is 0.263. The second-order valence-electron chi connectivity index (χ2n) is 5.49. The van der Waals surface area contributed by atoms with Gasteiger partial charge in [0.1, 0.15) is 5.75 Å². The molecule has 2 rings (SSSR count). The number of hydrogen-bond donors (Lipinski definition) is 1. The molecule has 1 amide bonds. The quantitative estimate of drug-likeness (QED) is 0.620. The van der Waals surface area contributed by atoms with Crippen LogP contribution in [0.15, 0.2) is 41.5 Å². The molecule has 1 N–H and O–H groups in total. The van der Waals surface area contributed by atoms with Gasteiger partial charge in [-0.05, 0) is 49.2 Å². The predicted molar refractivity (Wildman–Crippen MR) is 96.7 cm³/mol. The van der Waals surface area contributed by atoms with Crippen molar-refractivity contribution in [1.29, 1.82) is 0 Å². The van der Waals surface area contributed by atoms with E-state index in [1.54, 1.807) is 20.3 Å². The summed E-state index contributed by atoms with van der Waals surface area (Å²) in [6, 6.07) is 11.2. The Balaban J connectivity index is 1.92. The van der Waals surface area contributed by atoms with Gasteiger partial charge in [-0.25, -0.2) is 5.43 Å². The molecule has 0 fully saturated rings. The Hall–Kier alpha value is -3.02. The van der Waals surface area contributed by atoms with Crippen molar-refractivity contribution < 1.29 is 19.0 Å². The highest BCUT2D eigenvalue weighted by Gasteiger charge is 2.08. The number of rotatable bonds is 7. The van der Waals surface area contributed by atoms with E-state index in [9.17, 15) is 4.79 Å². The van der Waals surface area contributed by atoms with Crippen LogP contribution in [0.2, 0.25) is 0 Å². The topological polar surface area (TPSA) is 69.2 Å². The van der Waals surface area contributed by atoms with Gasteiger partial charge in [-0.15, -0.1) is 0 Å². The molecule has 0 saturated carbocycles. The number of carbonyl (C=O) groups is 1. The number of ether oxygens (including phenoxy) is 3. The molecule has 0 aliphatic carbocycles. The first-order valence-electron chi connectivity index (χ1n) is 7.77. The largest absolute Gasteiger partial charge is 0.493 e. The van der Waals surface area contributed by atoms with E-state index < -0.39 is 0 Å². The van der Waals surface area contributed by atoms with E-state index in [1.165, 1.54) is 6.21 Å². The summed E-state index contributed by atoms with van der Waals surface area (Å²) >= 11 is 0. The van der Waals surface area contributed by atoms with Crippen molar-refractivity contribution in [2.75, 3.05) is 20.8 Å². The molecule has 0 heterocycles. The van der Waals surface area contributed by atoms with Gasteiger partial charge in [-0.3, -0.25) is 4.79 Å². The maximum Gasteiger partial charge on any atom is 0.277 e. The molecule has 0 aliphatic rings. The third kappa shape index (κ3) is 5.24. The maximum atomic E-state index is 11.8. The average Bonchev–Trinajstić information content (AvgIpc) is 2.58. The van der Waals surface area contributed by atoms with Crippen LogP contribution in [0.4, 0.5) is 0 Å². The van der Waals surface area contributed by atoms with Crippen LogP contribution in [-0.4, -0.2) is 32.9 Å². The van der Waals surface area contributed by atoms with Crippen LogP contribution < -0.4 is 19.6 Å². The Kier molecular flexibility index (Phi) is 6.39. The molecule has 6 heteroatoms. The summed E-state index contributed by atoms with van der Waals surface area (Å²) in [4.78, 5) is 11.8. The fourth-order valence-electron chi connectivity index (χ4n) is 2.38. The van der Waals surface area contributed by atoms with E-state index in [1.807, 2.05) is 44.2 Å². The Labute approximate surface area is 147 Å². The highest BCUT2D eigenvalue weighted by atomic mass is 16.5. The summed E-state index contributed by atoms with van der Waals surface area (Å²) in [5, 5.41) is 3.93. The Morgan fingerprint density at radius 3 is 2.48 bits per heavy atom. The molecule has 0 unspecified atom stereocenters. The molecule has 0 aliphatic heterocycles. The number of nitrogens with one attached hydrogen (secondary N) is 1. The minimum absolute atomic E-state index is 0.116. The summed E-state index contributed by atoms with van der Waals surface area (Å²) < 4.78 is 16.0. The summed E-state index contributed by atoms with van der Waals surface area (Å²) in [7, 11) is 3.11. The molecule has 0 saturated heterocycles. The van der Waals surface area contributed by atoms with Crippen LogP contribution in [0.5, 0.6) is 17.2 Å². The molecular formula is C19H22N2O4. The first-order valence-corrected chi connectivity index (χ1v) is 7.77. The zero-order chi connectivity index (χ0) is 18.2. The number of nitrogens with zero attached hydrogens (tertiary/aromatic N) is 1. The van der Waals surface area contributed by atoms with Crippen LogP contribution in [0.1, 0.15) is 16.7 Å². The van der Waals surface area contributed by atoms with Crippen LogP contribution in [0.3, 0.4) is 0 Å². The number of benzene rings is 2. The third-order valence-electron chi connectivity index (χ3n) is 3.39. The highest BCUT2D eigenvalue weighted by molar-refractivity contribution is 5.86. The minimum Gasteiger partial charge on any atom is -0.493 e. The lowest BCUT2D eigenvalue weighted by Gasteiger charge is -2.09. The summed E-state index contributed by atoms with van der Waals surface area (Å²) in [5.41, 5.74) is 5.28. The Morgan fingerprint density at radius 1 is 1.12 bits per heavy atom. The second-order valence-corrected chi connectivity index (χ2v) is 5.49. The molecule has 0 aromatic heterocycles. The molecule has 132 valence electrons. The van der Waals surface area contributed by atoms with Crippen molar-refractivity contribution in [1.82, 2.24) is 5.43 Å². The van der Waals surface area contributed by atoms with Gasteiger partial charge in [-0.1, -0.05) is 12.1 Å². The SMILES string of the molecule is COc1cccc(C=NNC(=O)COc2cc(C)cc(C)c2)c1OC. The van der Waals surface area contributed by atoms with Crippen molar-refractivity contribution in [2.45, 2.75) is 13.8 Å². The first kappa shape index (κ1) is 18.3. The number of aryl methyl sites for hydroxylation is 2. The predicted octanol–water partition coefficient (Wildman–Crippen LogP) is 2.85. The molecule has 2 aromatic rings. The lowest BCUT2D eigenvalue weighted by molar-refractivity contribution is -0.123. The van der Waals surface area contributed by atoms with Gasteiger partial charge in [-0.2, -0.15) is 5.10 Å². The first-order chi connectivity index (χ1) is 12.0. The molecular weight excluding hydrogens is 320 g/mol. The van der Waals surface area contributed by atoms with Crippen molar-refractivity contribution in [2.24, 2.45) is 5.10 Å². The van der Waals surface area contributed by atoms with Gasteiger partial charge in [0, 0.05) is 5.56 Å². The van der Waals surface area contributed by atoms with E-state index in [2.05, 4.69) is 10.5 Å². The van der Waals surface area contributed by atoms with E-state index in [4.69, 9.17) is 14.2 Å². The average molecular weight is 342 g/mol. The van der Waals surface area contributed by atoms with Gasteiger partial charge in [0.05, 0.1) is 20.4 Å². The van der Waals surface area contributed by atoms with Crippen LogP contribution in [0.25, 0.3) is 0 Å². The molecule has 0 spiro atoms. The number of hydrazone groups is 1. The highest BCUT2D eigenvalue weighted by Crippen LogP contribution is 2.29. The monoisotopic (exact) mass is 342 g/mol.